The second-order valence-electron chi connectivity index (χ2n) is 5.68. The van der Waals surface area contributed by atoms with Crippen molar-refractivity contribution >= 4 is 51.2 Å². The molecule has 0 unspecified atom stereocenters. The average Bonchev–Trinajstić information content (AvgIpc) is 2.61. The number of halogens is 2. The highest BCUT2D eigenvalue weighted by atomic mass is 79.9. The number of thioether (sulfide) groups is 1. The van der Waals surface area contributed by atoms with Crippen LogP contribution >= 0.6 is 39.3 Å². The normalized spacial score (nSPS) is 10.5. The number of ether oxygens (including phenoxy) is 1. The lowest BCUT2D eigenvalue weighted by Crippen LogP contribution is -2.28. The van der Waals surface area contributed by atoms with Gasteiger partial charge in [-0.25, -0.2) is 0 Å². The number of carbonyl (C=O) groups excluding carboxylic acids is 2. The first-order valence-corrected chi connectivity index (χ1v) is 10.1. The molecule has 7 heteroatoms. The molecule has 0 heterocycles. The van der Waals surface area contributed by atoms with Crippen molar-refractivity contribution in [1.29, 1.82) is 0 Å². The van der Waals surface area contributed by atoms with E-state index in [1.165, 1.54) is 11.8 Å². The van der Waals surface area contributed by atoms with E-state index in [1.54, 1.807) is 6.07 Å². The summed E-state index contributed by atoms with van der Waals surface area (Å²) in [6.45, 7) is 3.97. The Kier molecular flexibility index (Phi) is 8.00. The Morgan fingerprint density at radius 3 is 2.65 bits per heavy atom. The molecule has 26 heavy (non-hydrogen) atoms. The number of hydrogen-bond donors (Lipinski definition) is 1. The van der Waals surface area contributed by atoms with Crippen LogP contribution in [0, 0.1) is 13.8 Å². The molecule has 1 N–H and O–H groups in total. The van der Waals surface area contributed by atoms with Gasteiger partial charge in [-0.3, -0.25) is 9.59 Å². The van der Waals surface area contributed by atoms with Crippen LogP contribution in [0.5, 0.6) is 0 Å². The number of hydrogen-bond acceptors (Lipinski definition) is 4. The molecule has 0 bridgehead atoms. The summed E-state index contributed by atoms with van der Waals surface area (Å²) in [7, 11) is 0. The quantitative estimate of drug-likeness (QED) is 0.486. The van der Waals surface area contributed by atoms with Crippen LogP contribution in [0.1, 0.15) is 16.7 Å². The van der Waals surface area contributed by atoms with Gasteiger partial charge in [0, 0.05) is 20.9 Å². The number of esters is 1. The summed E-state index contributed by atoms with van der Waals surface area (Å²) in [5.74, 6) is -0.638. The van der Waals surface area contributed by atoms with Crippen LogP contribution < -0.4 is 5.32 Å². The Morgan fingerprint density at radius 2 is 1.92 bits per heavy atom. The van der Waals surface area contributed by atoms with Crippen molar-refractivity contribution in [1.82, 2.24) is 5.32 Å². The van der Waals surface area contributed by atoms with Crippen LogP contribution in [0.2, 0.25) is 5.02 Å². The van der Waals surface area contributed by atoms with E-state index >= 15 is 0 Å². The van der Waals surface area contributed by atoms with Gasteiger partial charge < -0.3 is 10.1 Å². The molecule has 0 aliphatic carbocycles. The van der Waals surface area contributed by atoms with E-state index < -0.39 is 5.97 Å². The first-order chi connectivity index (χ1) is 12.4. The first kappa shape index (κ1) is 20.8. The maximum absolute atomic E-state index is 11.9. The maximum Gasteiger partial charge on any atom is 0.316 e. The molecule has 4 nitrogen and oxygen atoms in total. The molecule has 0 radical (unpaired) electrons. The van der Waals surface area contributed by atoms with E-state index in [2.05, 4.69) is 21.2 Å². The van der Waals surface area contributed by atoms with Crippen molar-refractivity contribution in [3.63, 3.8) is 0 Å². The monoisotopic (exact) mass is 455 g/mol. The average molecular weight is 457 g/mol. The standard InChI is InChI=1S/C19H19BrClNO3S/c1-12-8-17(13(2)7-15(12)20)26-11-19(24)25-10-18(23)22-9-14-5-3-4-6-16(14)21/h3-8H,9-11H2,1-2H3,(H,22,23). The summed E-state index contributed by atoms with van der Waals surface area (Å²) < 4.78 is 6.06. The maximum atomic E-state index is 11.9. The van der Waals surface area contributed by atoms with Gasteiger partial charge in [0.25, 0.3) is 5.91 Å². The Labute approximate surface area is 170 Å². The summed E-state index contributed by atoms with van der Waals surface area (Å²) in [4.78, 5) is 24.7. The molecule has 138 valence electrons. The minimum Gasteiger partial charge on any atom is -0.455 e. The molecule has 1 amide bonds. The lowest BCUT2D eigenvalue weighted by atomic mass is 10.2. The summed E-state index contributed by atoms with van der Waals surface area (Å²) in [5, 5.41) is 3.26. The Morgan fingerprint density at radius 1 is 1.19 bits per heavy atom. The van der Waals surface area contributed by atoms with E-state index in [1.807, 2.05) is 44.2 Å². The second kappa shape index (κ2) is 10.00. The van der Waals surface area contributed by atoms with Gasteiger partial charge in [0.05, 0.1) is 5.75 Å². The molecule has 0 fully saturated rings. The molecular formula is C19H19BrClNO3S. The van der Waals surface area contributed by atoms with Crippen LogP contribution in [-0.2, 0) is 20.9 Å². The smallest absolute Gasteiger partial charge is 0.316 e. The number of carbonyl (C=O) groups is 2. The molecule has 2 aromatic carbocycles. The molecule has 0 aliphatic rings. The summed E-state index contributed by atoms with van der Waals surface area (Å²) in [5.41, 5.74) is 2.99. The zero-order valence-electron chi connectivity index (χ0n) is 14.5. The Hall–Kier alpha value is -1.50. The number of amides is 1. The lowest BCUT2D eigenvalue weighted by Gasteiger charge is -2.09. The number of aryl methyl sites for hydroxylation is 2. The van der Waals surface area contributed by atoms with Crippen molar-refractivity contribution in [2.75, 3.05) is 12.4 Å². The van der Waals surface area contributed by atoms with Crippen LogP contribution in [0.3, 0.4) is 0 Å². The topological polar surface area (TPSA) is 55.4 Å². The Balaban J connectivity index is 1.74. The third-order valence-electron chi connectivity index (χ3n) is 3.60. The van der Waals surface area contributed by atoms with Gasteiger partial charge in [0.1, 0.15) is 0 Å². The van der Waals surface area contributed by atoms with Crippen LogP contribution in [-0.4, -0.2) is 24.2 Å². The SMILES string of the molecule is Cc1cc(SCC(=O)OCC(=O)NCc2ccccc2Cl)c(C)cc1Br. The summed E-state index contributed by atoms with van der Waals surface area (Å²) >= 11 is 10.9. The van der Waals surface area contributed by atoms with Crippen molar-refractivity contribution in [2.45, 2.75) is 25.3 Å². The fourth-order valence-electron chi connectivity index (χ4n) is 2.12. The predicted octanol–water partition coefficient (Wildman–Crippen LogP) is 4.67. The van der Waals surface area contributed by atoms with Gasteiger partial charge in [0.15, 0.2) is 6.61 Å². The van der Waals surface area contributed by atoms with Gasteiger partial charge in [0.2, 0.25) is 0 Å². The first-order valence-electron chi connectivity index (χ1n) is 7.92. The lowest BCUT2D eigenvalue weighted by molar-refractivity contribution is -0.145. The van der Waals surface area contributed by atoms with Crippen molar-refractivity contribution < 1.29 is 14.3 Å². The molecule has 2 aromatic rings. The molecule has 2 rings (SSSR count). The minimum atomic E-state index is -0.428. The third-order valence-corrected chi connectivity index (χ3v) is 5.95. The molecule has 0 saturated heterocycles. The van der Waals surface area contributed by atoms with Gasteiger partial charge in [-0.2, -0.15) is 0 Å². The fraction of sp³-hybridized carbons (Fsp3) is 0.263. The van der Waals surface area contributed by atoms with E-state index in [0.29, 0.717) is 11.6 Å². The molecule has 0 aliphatic heterocycles. The largest absolute Gasteiger partial charge is 0.455 e. The van der Waals surface area contributed by atoms with E-state index in [0.717, 1.165) is 26.1 Å². The van der Waals surface area contributed by atoms with Gasteiger partial charge in [-0.1, -0.05) is 45.7 Å². The summed E-state index contributed by atoms with van der Waals surface area (Å²) in [6, 6.07) is 11.3. The van der Waals surface area contributed by atoms with Crippen molar-refractivity contribution in [3.05, 3.63) is 62.6 Å². The highest BCUT2D eigenvalue weighted by Crippen LogP contribution is 2.28. The van der Waals surface area contributed by atoms with Gasteiger partial charge >= 0.3 is 5.97 Å². The summed E-state index contributed by atoms with van der Waals surface area (Å²) in [6.07, 6.45) is 0. The van der Waals surface area contributed by atoms with Crippen LogP contribution in [0.4, 0.5) is 0 Å². The molecular weight excluding hydrogens is 438 g/mol. The van der Waals surface area contributed by atoms with Crippen molar-refractivity contribution in [2.24, 2.45) is 0 Å². The highest BCUT2D eigenvalue weighted by Gasteiger charge is 2.11. The zero-order chi connectivity index (χ0) is 19.1. The number of nitrogens with one attached hydrogen (secondary N) is 1. The molecule has 0 atom stereocenters. The number of benzene rings is 2. The second-order valence-corrected chi connectivity index (χ2v) is 7.96. The van der Waals surface area contributed by atoms with Gasteiger partial charge in [-0.15, -0.1) is 11.8 Å². The Bertz CT molecular complexity index is 813. The molecule has 0 spiro atoms. The third kappa shape index (κ3) is 6.34. The molecule has 0 saturated carbocycles. The van der Waals surface area contributed by atoms with Gasteiger partial charge in [-0.05, 0) is 48.7 Å². The molecule has 0 aromatic heterocycles. The van der Waals surface area contributed by atoms with Crippen LogP contribution in [0.15, 0.2) is 45.8 Å². The van der Waals surface area contributed by atoms with E-state index in [-0.39, 0.29) is 18.3 Å². The van der Waals surface area contributed by atoms with Crippen LogP contribution in [0.25, 0.3) is 0 Å². The highest BCUT2D eigenvalue weighted by molar-refractivity contribution is 9.10. The van der Waals surface area contributed by atoms with E-state index in [4.69, 9.17) is 16.3 Å². The zero-order valence-corrected chi connectivity index (χ0v) is 17.6. The minimum absolute atomic E-state index is 0.152. The fourth-order valence-corrected chi connectivity index (χ4v) is 3.68. The predicted molar refractivity (Wildman–Crippen MR) is 109 cm³/mol. The van der Waals surface area contributed by atoms with E-state index in [9.17, 15) is 9.59 Å². The van der Waals surface area contributed by atoms with Crippen molar-refractivity contribution in [3.8, 4) is 0 Å². The number of rotatable bonds is 7.